The standard InChI is InChI=1S/C24H31N5O3S/c1-4-6-7-12-29(24-27-17(3)21(33-24)23(31)32-5-2)22(30)19-10-13-28(14-11-19)20-9-8-18(15-25)16-26-20/h8-9,16,19H,4-7,10-14H2,1-3H3. The molecule has 9 heteroatoms. The first kappa shape index (κ1) is 24.6. The molecule has 176 valence electrons. The molecule has 0 aromatic carbocycles. The molecule has 0 spiro atoms. The fraction of sp³-hybridized carbons (Fsp3) is 0.542. The van der Waals surface area contributed by atoms with Crippen molar-refractivity contribution in [2.75, 3.05) is 36.0 Å². The molecular formula is C24H31N5O3S. The fourth-order valence-electron chi connectivity index (χ4n) is 3.92. The number of aromatic nitrogens is 2. The van der Waals surface area contributed by atoms with E-state index in [1.54, 1.807) is 31.0 Å². The molecule has 2 aromatic rings. The first-order valence-electron chi connectivity index (χ1n) is 11.6. The Kier molecular flexibility index (Phi) is 8.78. The summed E-state index contributed by atoms with van der Waals surface area (Å²) in [5.41, 5.74) is 1.14. The number of aryl methyl sites for hydroxylation is 1. The average molecular weight is 470 g/mol. The molecule has 1 amide bonds. The molecule has 0 N–H and O–H groups in total. The third-order valence-electron chi connectivity index (χ3n) is 5.77. The van der Waals surface area contributed by atoms with Crippen molar-refractivity contribution in [3.8, 4) is 6.07 Å². The Morgan fingerprint density at radius 2 is 2.03 bits per heavy atom. The molecule has 1 aliphatic rings. The third kappa shape index (κ3) is 6.08. The normalized spacial score (nSPS) is 14.1. The molecule has 0 saturated carbocycles. The van der Waals surface area contributed by atoms with Gasteiger partial charge in [0.1, 0.15) is 16.8 Å². The lowest BCUT2D eigenvalue weighted by molar-refractivity contribution is -0.123. The number of thiazole rings is 1. The van der Waals surface area contributed by atoms with Crippen molar-refractivity contribution in [2.24, 2.45) is 5.92 Å². The summed E-state index contributed by atoms with van der Waals surface area (Å²) in [6, 6.07) is 5.70. The number of anilines is 2. The molecule has 3 rings (SSSR count). The number of unbranched alkanes of at least 4 members (excludes halogenated alkanes) is 2. The Labute approximate surface area is 199 Å². The fourth-order valence-corrected chi connectivity index (χ4v) is 4.91. The molecule has 0 atom stereocenters. The van der Waals surface area contributed by atoms with Crippen LogP contribution in [0.15, 0.2) is 18.3 Å². The Morgan fingerprint density at radius 1 is 1.27 bits per heavy atom. The minimum atomic E-state index is -0.386. The van der Waals surface area contributed by atoms with Gasteiger partial charge in [-0.1, -0.05) is 31.1 Å². The number of hydrogen-bond donors (Lipinski definition) is 0. The highest BCUT2D eigenvalue weighted by molar-refractivity contribution is 7.17. The predicted octanol–water partition coefficient (Wildman–Crippen LogP) is 4.33. The molecule has 1 fully saturated rings. The van der Waals surface area contributed by atoms with E-state index < -0.39 is 0 Å². The van der Waals surface area contributed by atoms with Crippen LogP contribution in [0, 0.1) is 24.2 Å². The van der Waals surface area contributed by atoms with E-state index in [1.807, 2.05) is 6.07 Å². The molecule has 0 bridgehead atoms. The van der Waals surface area contributed by atoms with E-state index in [-0.39, 0.29) is 17.8 Å². The maximum absolute atomic E-state index is 13.5. The van der Waals surface area contributed by atoms with Gasteiger partial charge in [-0.3, -0.25) is 9.69 Å². The summed E-state index contributed by atoms with van der Waals surface area (Å²) >= 11 is 1.24. The second kappa shape index (κ2) is 11.8. The van der Waals surface area contributed by atoms with Gasteiger partial charge in [0.2, 0.25) is 5.91 Å². The first-order valence-corrected chi connectivity index (χ1v) is 12.4. The van der Waals surface area contributed by atoms with Crippen LogP contribution in [-0.2, 0) is 9.53 Å². The molecule has 33 heavy (non-hydrogen) atoms. The Morgan fingerprint density at radius 3 is 2.64 bits per heavy atom. The van der Waals surface area contributed by atoms with Crippen LogP contribution >= 0.6 is 11.3 Å². The number of amides is 1. The van der Waals surface area contributed by atoms with Gasteiger partial charge in [-0.15, -0.1) is 0 Å². The van der Waals surface area contributed by atoms with E-state index in [0.29, 0.717) is 34.4 Å². The van der Waals surface area contributed by atoms with E-state index in [9.17, 15) is 9.59 Å². The number of nitrogens with zero attached hydrogens (tertiary/aromatic N) is 5. The van der Waals surface area contributed by atoms with E-state index in [1.165, 1.54) is 11.3 Å². The van der Waals surface area contributed by atoms with E-state index in [2.05, 4.69) is 27.9 Å². The van der Waals surface area contributed by atoms with Crippen molar-refractivity contribution in [1.82, 2.24) is 9.97 Å². The number of rotatable bonds is 9. The molecule has 1 aliphatic heterocycles. The van der Waals surface area contributed by atoms with Gasteiger partial charge in [0.15, 0.2) is 5.13 Å². The maximum Gasteiger partial charge on any atom is 0.350 e. The summed E-state index contributed by atoms with van der Waals surface area (Å²) in [5, 5.41) is 9.53. The molecule has 1 saturated heterocycles. The van der Waals surface area contributed by atoms with Crippen molar-refractivity contribution >= 4 is 34.2 Å². The van der Waals surface area contributed by atoms with Crippen molar-refractivity contribution in [1.29, 1.82) is 5.26 Å². The van der Waals surface area contributed by atoms with Crippen LogP contribution in [-0.4, -0.2) is 48.1 Å². The van der Waals surface area contributed by atoms with E-state index in [4.69, 9.17) is 10.00 Å². The van der Waals surface area contributed by atoms with Crippen LogP contribution in [0.3, 0.4) is 0 Å². The van der Waals surface area contributed by atoms with Crippen LogP contribution in [0.5, 0.6) is 0 Å². The van der Waals surface area contributed by atoms with Gasteiger partial charge in [-0.25, -0.2) is 14.8 Å². The summed E-state index contributed by atoms with van der Waals surface area (Å²) in [6.45, 7) is 8.04. The van der Waals surface area contributed by atoms with Gasteiger partial charge in [0.25, 0.3) is 0 Å². The number of ether oxygens (including phenoxy) is 1. The van der Waals surface area contributed by atoms with Crippen molar-refractivity contribution in [3.05, 3.63) is 34.5 Å². The summed E-state index contributed by atoms with van der Waals surface area (Å²) < 4.78 is 5.14. The molecule has 0 aliphatic carbocycles. The minimum absolute atomic E-state index is 0.0719. The number of piperidine rings is 1. The quantitative estimate of drug-likeness (QED) is 0.398. The highest BCUT2D eigenvalue weighted by Gasteiger charge is 2.32. The first-order chi connectivity index (χ1) is 16.0. The van der Waals surface area contributed by atoms with E-state index in [0.717, 1.165) is 51.0 Å². The lowest BCUT2D eigenvalue weighted by Crippen LogP contribution is -2.43. The second-order valence-electron chi connectivity index (χ2n) is 8.11. The van der Waals surface area contributed by atoms with Crippen molar-refractivity contribution < 1.29 is 14.3 Å². The number of hydrogen-bond acceptors (Lipinski definition) is 8. The van der Waals surface area contributed by atoms with Crippen LogP contribution in [0.2, 0.25) is 0 Å². The van der Waals surface area contributed by atoms with Crippen LogP contribution in [0.1, 0.15) is 66.9 Å². The number of esters is 1. The zero-order chi connectivity index (χ0) is 23.8. The maximum atomic E-state index is 13.5. The van der Waals surface area contributed by atoms with Gasteiger partial charge in [-0.05, 0) is 45.2 Å². The van der Waals surface area contributed by atoms with Crippen LogP contribution < -0.4 is 9.80 Å². The number of carbonyl (C=O) groups excluding carboxylic acids is 2. The summed E-state index contributed by atoms with van der Waals surface area (Å²) in [4.78, 5) is 39.1. The largest absolute Gasteiger partial charge is 0.462 e. The topological polar surface area (TPSA) is 99.4 Å². The molecule has 2 aromatic heterocycles. The van der Waals surface area contributed by atoms with Gasteiger partial charge < -0.3 is 9.64 Å². The van der Waals surface area contributed by atoms with Gasteiger partial charge in [0, 0.05) is 31.7 Å². The minimum Gasteiger partial charge on any atom is -0.462 e. The smallest absolute Gasteiger partial charge is 0.350 e. The van der Waals surface area contributed by atoms with Crippen LogP contribution in [0.4, 0.5) is 10.9 Å². The lowest BCUT2D eigenvalue weighted by Gasteiger charge is -2.34. The summed E-state index contributed by atoms with van der Waals surface area (Å²) in [5.74, 6) is 0.413. The van der Waals surface area contributed by atoms with Gasteiger partial charge >= 0.3 is 5.97 Å². The van der Waals surface area contributed by atoms with Crippen molar-refractivity contribution in [3.63, 3.8) is 0 Å². The van der Waals surface area contributed by atoms with Crippen molar-refractivity contribution in [2.45, 2.75) is 52.9 Å². The average Bonchev–Trinajstić information content (AvgIpc) is 3.23. The molecule has 0 radical (unpaired) electrons. The monoisotopic (exact) mass is 469 g/mol. The summed E-state index contributed by atoms with van der Waals surface area (Å²) in [6.07, 6.45) is 6.00. The lowest BCUT2D eigenvalue weighted by atomic mass is 9.95. The molecular weight excluding hydrogens is 438 g/mol. The third-order valence-corrected chi connectivity index (χ3v) is 6.93. The number of nitriles is 1. The number of carbonyl (C=O) groups is 2. The SMILES string of the molecule is CCCCCN(C(=O)C1CCN(c2ccc(C#N)cn2)CC1)c1nc(C)c(C(=O)OCC)s1. The Bertz CT molecular complexity index is 991. The number of pyridine rings is 1. The highest BCUT2D eigenvalue weighted by atomic mass is 32.1. The van der Waals surface area contributed by atoms with E-state index >= 15 is 0 Å². The van der Waals surface area contributed by atoms with Gasteiger partial charge in [-0.2, -0.15) is 5.26 Å². The van der Waals surface area contributed by atoms with Gasteiger partial charge in [0.05, 0.1) is 17.9 Å². The Hall–Kier alpha value is -2.99. The molecule has 8 nitrogen and oxygen atoms in total. The highest BCUT2D eigenvalue weighted by Crippen LogP contribution is 2.31. The molecule has 3 heterocycles. The van der Waals surface area contributed by atoms with Crippen LogP contribution in [0.25, 0.3) is 0 Å². The Balaban J connectivity index is 1.71. The zero-order valence-corrected chi connectivity index (χ0v) is 20.4. The molecule has 0 unspecified atom stereocenters. The second-order valence-corrected chi connectivity index (χ2v) is 9.08. The zero-order valence-electron chi connectivity index (χ0n) is 19.5. The predicted molar refractivity (Wildman–Crippen MR) is 129 cm³/mol. The summed E-state index contributed by atoms with van der Waals surface area (Å²) in [7, 11) is 0.